The average molecular weight is 328 g/mol. The number of carbonyl (C=O) groups excluding carboxylic acids is 1. The van der Waals surface area contributed by atoms with E-state index in [1.54, 1.807) is 19.1 Å². The quantitative estimate of drug-likeness (QED) is 0.913. The molecule has 1 saturated heterocycles. The topological polar surface area (TPSA) is 71.3 Å². The molecule has 2 aromatic rings. The Bertz CT molecular complexity index is 675. The molecule has 0 bridgehead atoms. The molecular weight excluding hydrogens is 304 g/mol. The summed E-state index contributed by atoms with van der Waals surface area (Å²) in [5.41, 5.74) is 1.48. The van der Waals surface area contributed by atoms with Crippen LogP contribution in [-0.4, -0.2) is 46.6 Å². The van der Waals surface area contributed by atoms with Gasteiger partial charge in [-0.1, -0.05) is 23.7 Å². The van der Waals surface area contributed by atoms with E-state index >= 15 is 0 Å². The third-order valence-corrected chi connectivity index (χ3v) is 4.29. The van der Waals surface area contributed by atoms with Gasteiger partial charge in [0.15, 0.2) is 0 Å². The first-order chi connectivity index (χ1) is 11.6. The van der Waals surface area contributed by atoms with Gasteiger partial charge in [0.1, 0.15) is 0 Å². The molecule has 0 aliphatic carbocycles. The highest BCUT2D eigenvalue weighted by Gasteiger charge is 2.16. The molecule has 1 fully saturated rings. The molecule has 1 N–H and O–H groups in total. The van der Waals surface area contributed by atoms with Gasteiger partial charge in [-0.15, -0.1) is 0 Å². The fourth-order valence-electron chi connectivity index (χ4n) is 3.07. The summed E-state index contributed by atoms with van der Waals surface area (Å²) in [6.45, 7) is 7.00. The minimum atomic E-state index is -0.0460. The Balaban J connectivity index is 1.56. The molecule has 0 unspecified atom stereocenters. The van der Waals surface area contributed by atoms with Crippen molar-refractivity contribution in [3.8, 4) is 11.4 Å². The lowest BCUT2D eigenvalue weighted by atomic mass is 10.1. The zero-order chi connectivity index (χ0) is 16.9. The van der Waals surface area contributed by atoms with Crippen molar-refractivity contribution in [2.24, 2.45) is 0 Å². The summed E-state index contributed by atoms with van der Waals surface area (Å²) in [5.74, 6) is 1.02. The molecule has 2 heterocycles. The summed E-state index contributed by atoms with van der Waals surface area (Å²) in [7, 11) is 0. The van der Waals surface area contributed by atoms with E-state index in [2.05, 4.69) is 27.3 Å². The van der Waals surface area contributed by atoms with Crippen LogP contribution in [0.25, 0.3) is 11.4 Å². The maximum atomic E-state index is 12.4. The smallest absolute Gasteiger partial charge is 0.251 e. The first-order valence-corrected chi connectivity index (χ1v) is 8.56. The molecule has 24 heavy (non-hydrogen) atoms. The van der Waals surface area contributed by atoms with E-state index in [0.29, 0.717) is 17.3 Å². The number of hydrogen-bond donors (Lipinski definition) is 1. The van der Waals surface area contributed by atoms with Crippen LogP contribution in [0.3, 0.4) is 0 Å². The van der Waals surface area contributed by atoms with Crippen LogP contribution in [0.15, 0.2) is 28.8 Å². The molecule has 1 aliphatic heterocycles. The molecule has 1 amide bonds. The zero-order valence-corrected chi connectivity index (χ0v) is 14.3. The number of nitrogens with zero attached hydrogens (tertiary/aromatic N) is 3. The lowest BCUT2D eigenvalue weighted by molar-refractivity contribution is 0.0925. The molecule has 0 saturated carbocycles. The Morgan fingerprint density at radius 1 is 1.25 bits per heavy atom. The predicted octanol–water partition coefficient (Wildman–Crippen LogP) is 2.65. The van der Waals surface area contributed by atoms with Gasteiger partial charge in [-0.05, 0) is 45.0 Å². The summed E-state index contributed by atoms with van der Waals surface area (Å²) in [6, 6.07) is 7.41. The number of aromatic nitrogens is 2. The summed E-state index contributed by atoms with van der Waals surface area (Å²) in [4.78, 5) is 19.0. The maximum Gasteiger partial charge on any atom is 0.251 e. The maximum absolute atomic E-state index is 12.4. The molecule has 128 valence electrons. The van der Waals surface area contributed by atoms with Crippen molar-refractivity contribution in [3.05, 3.63) is 35.7 Å². The van der Waals surface area contributed by atoms with Crippen LogP contribution in [0.5, 0.6) is 0 Å². The largest absolute Gasteiger partial charge is 0.348 e. The molecule has 6 heteroatoms. The predicted molar refractivity (Wildman–Crippen MR) is 91.7 cm³/mol. The Kier molecular flexibility index (Phi) is 5.25. The minimum absolute atomic E-state index is 0.0460. The van der Waals surface area contributed by atoms with Gasteiger partial charge in [-0.25, -0.2) is 0 Å². The van der Waals surface area contributed by atoms with Gasteiger partial charge >= 0.3 is 0 Å². The number of carbonyl (C=O) groups is 1. The molecule has 1 aromatic heterocycles. The Morgan fingerprint density at radius 3 is 2.58 bits per heavy atom. The zero-order valence-electron chi connectivity index (χ0n) is 14.3. The number of piperidine rings is 1. The number of benzene rings is 1. The number of hydrogen-bond acceptors (Lipinski definition) is 5. The SMILES string of the molecule is Cc1nc(-c2ccc(C(=O)N[C@H](C)CN3CCCCC3)cc2)no1. The molecule has 3 rings (SSSR count). The van der Waals surface area contributed by atoms with Crippen molar-refractivity contribution >= 4 is 5.91 Å². The molecule has 0 spiro atoms. The molecule has 6 nitrogen and oxygen atoms in total. The fourth-order valence-corrected chi connectivity index (χ4v) is 3.07. The van der Waals surface area contributed by atoms with Crippen LogP contribution >= 0.6 is 0 Å². The van der Waals surface area contributed by atoms with E-state index in [0.717, 1.165) is 25.2 Å². The second kappa shape index (κ2) is 7.57. The van der Waals surface area contributed by atoms with Crippen molar-refractivity contribution < 1.29 is 9.32 Å². The summed E-state index contributed by atoms with van der Waals surface area (Å²) < 4.78 is 4.98. The van der Waals surface area contributed by atoms with Crippen LogP contribution in [0.1, 0.15) is 42.4 Å². The Hall–Kier alpha value is -2.21. The van der Waals surface area contributed by atoms with Gasteiger partial charge < -0.3 is 14.7 Å². The Labute approximate surface area is 142 Å². The normalized spacial score (nSPS) is 16.8. The highest BCUT2D eigenvalue weighted by molar-refractivity contribution is 5.94. The van der Waals surface area contributed by atoms with Gasteiger partial charge in [-0.2, -0.15) is 4.98 Å². The van der Waals surface area contributed by atoms with Gasteiger partial charge in [-0.3, -0.25) is 4.79 Å². The Morgan fingerprint density at radius 2 is 1.96 bits per heavy atom. The second-order valence-electron chi connectivity index (χ2n) is 6.45. The van der Waals surface area contributed by atoms with E-state index in [1.807, 2.05) is 12.1 Å². The van der Waals surface area contributed by atoms with Crippen LogP contribution in [0.2, 0.25) is 0 Å². The first-order valence-electron chi connectivity index (χ1n) is 8.56. The second-order valence-corrected chi connectivity index (χ2v) is 6.45. The summed E-state index contributed by atoms with van der Waals surface area (Å²) in [5, 5.41) is 6.96. The van der Waals surface area contributed by atoms with E-state index in [9.17, 15) is 4.79 Å². The van der Waals surface area contributed by atoms with E-state index in [-0.39, 0.29) is 11.9 Å². The third-order valence-electron chi connectivity index (χ3n) is 4.29. The molecule has 1 aromatic carbocycles. The first kappa shape index (κ1) is 16.6. The molecule has 1 aliphatic rings. The highest BCUT2D eigenvalue weighted by Crippen LogP contribution is 2.16. The van der Waals surface area contributed by atoms with Crippen LogP contribution in [0.4, 0.5) is 0 Å². The van der Waals surface area contributed by atoms with Gasteiger partial charge in [0.25, 0.3) is 5.91 Å². The van der Waals surface area contributed by atoms with E-state index < -0.39 is 0 Å². The van der Waals surface area contributed by atoms with Crippen molar-refractivity contribution in [1.29, 1.82) is 0 Å². The summed E-state index contributed by atoms with van der Waals surface area (Å²) in [6.07, 6.45) is 3.85. The monoisotopic (exact) mass is 328 g/mol. The van der Waals surface area contributed by atoms with E-state index in [1.165, 1.54) is 19.3 Å². The van der Waals surface area contributed by atoms with Crippen molar-refractivity contribution in [3.63, 3.8) is 0 Å². The molecule has 0 radical (unpaired) electrons. The average Bonchev–Trinajstić information content (AvgIpc) is 3.02. The van der Waals surface area contributed by atoms with Crippen molar-refractivity contribution in [2.75, 3.05) is 19.6 Å². The van der Waals surface area contributed by atoms with Gasteiger partial charge in [0.2, 0.25) is 11.7 Å². The van der Waals surface area contributed by atoms with E-state index in [4.69, 9.17) is 4.52 Å². The number of aryl methyl sites for hydroxylation is 1. The lowest BCUT2D eigenvalue weighted by Crippen LogP contribution is -2.43. The van der Waals surface area contributed by atoms with Crippen LogP contribution in [0, 0.1) is 6.92 Å². The highest BCUT2D eigenvalue weighted by atomic mass is 16.5. The lowest BCUT2D eigenvalue weighted by Gasteiger charge is -2.29. The van der Waals surface area contributed by atoms with Crippen LogP contribution < -0.4 is 5.32 Å². The number of amides is 1. The van der Waals surface area contributed by atoms with Crippen molar-refractivity contribution in [2.45, 2.75) is 39.2 Å². The standard InChI is InChI=1S/C18H24N4O2/c1-13(12-22-10-4-3-5-11-22)19-18(23)16-8-6-15(7-9-16)17-20-14(2)24-21-17/h6-9,13H,3-5,10-12H2,1-2H3,(H,19,23)/t13-/m1/s1. The number of likely N-dealkylation sites (tertiary alicyclic amines) is 1. The number of nitrogens with one attached hydrogen (secondary N) is 1. The van der Waals surface area contributed by atoms with Crippen LogP contribution in [-0.2, 0) is 0 Å². The third kappa shape index (κ3) is 4.20. The van der Waals surface area contributed by atoms with Gasteiger partial charge in [0.05, 0.1) is 0 Å². The molecule has 1 atom stereocenters. The summed E-state index contributed by atoms with van der Waals surface area (Å²) >= 11 is 0. The fraction of sp³-hybridized carbons (Fsp3) is 0.500. The number of rotatable bonds is 5. The van der Waals surface area contributed by atoms with Crippen molar-refractivity contribution in [1.82, 2.24) is 20.4 Å². The van der Waals surface area contributed by atoms with Gasteiger partial charge in [0, 0.05) is 30.6 Å². The molecular formula is C18H24N4O2. The minimum Gasteiger partial charge on any atom is -0.348 e.